The number of carbonyl (C=O) groups is 2. The van der Waals surface area contributed by atoms with Crippen molar-refractivity contribution < 1.29 is 18.0 Å². The zero-order chi connectivity index (χ0) is 26.2. The van der Waals surface area contributed by atoms with E-state index < -0.39 is 21.6 Å². The molecule has 0 unspecified atom stereocenters. The maximum absolute atomic E-state index is 13.5. The quantitative estimate of drug-likeness (QED) is 0.498. The van der Waals surface area contributed by atoms with E-state index in [1.807, 2.05) is 65.0 Å². The molecular formula is C27H39N3O4S. The number of carbonyl (C=O) groups excluding carboxylic acids is 2. The lowest BCUT2D eigenvalue weighted by atomic mass is 10.0. The molecule has 35 heavy (non-hydrogen) atoms. The van der Waals surface area contributed by atoms with Crippen LogP contribution in [0.3, 0.4) is 0 Å². The number of rotatable bonds is 11. The molecule has 0 spiro atoms. The van der Waals surface area contributed by atoms with Crippen LogP contribution in [0.2, 0.25) is 0 Å². The summed E-state index contributed by atoms with van der Waals surface area (Å²) >= 11 is 0. The first kappa shape index (κ1) is 28.4. The van der Waals surface area contributed by atoms with Gasteiger partial charge >= 0.3 is 0 Å². The van der Waals surface area contributed by atoms with Crippen LogP contribution < -0.4 is 9.62 Å². The summed E-state index contributed by atoms with van der Waals surface area (Å²) in [5.41, 5.74) is 2.16. The first-order chi connectivity index (χ1) is 16.3. The maximum atomic E-state index is 13.5. The predicted octanol–water partition coefficient (Wildman–Crippen LogP) is 4.26. The number of amides is 2. The Kier molecular flexibility index (Phi) is 9.89. The zero-order valence-electron chi connectivity index (χ0n) is 21.7. The highest BCUT2D eigenvalue weighted by atomic mass is 32.2. The van der Waals surface area contributed by atoms with Gasteiger partial charge in [-0.3, -0.25) is 13.9 Å². The number of hydrogen-bond donors (Lipinski definition) is 1. The number of para-hydroxylation sites is 1. The molecule has 8 heteroatoms. The average Bonchev–Trinajstić information content (AvgIpc) is 2.76. The Hall–Kier alpha value is -2.87. The van der Waals surface area contributed by atoms with Crippen molar-refractivity contribution in [2.75, 3.05) is 17.1 Å². The van der Waals surface area contributed by atoms with Gasteiger partial charge in [-0.15, -0.1) is 0 Å². The number of aryl methyl sites for hydroxylation is 1. The van der Waals surface area contributed by atoms with Crippen LogP contribution in [-0.2, 0) is 26.2 Å². The Morgan fingerprint density at radius 3 is 2.14 bits per heavy atom. The summed E-state index contributed by atoms with van der Waals surface area (Å²) in [6.07, 6.45) is 2.10. The smallest absolute Gasteiger partial charge is 0.243 e. The normalized spacial score (nSPS) is 12.6. The molecule has 1 atom stereocenters. The molecule has 0 bridgehead atoms. The monoisotopic (exact) mass is 501 g/mol. The van der Waals surface area contributed by atoms with Crippen LogP contribution >= 0.6 is 0 Å². The van der Waals surface area contributed by atoms with Crippen molar-refractivity contribution in [2.45, 2.75) is 72.0 Å². The lowest BCUT2D eigenvalue weighted by Crippen LogP contribution is -2.53. The largest absolute Gasteiger partial charge is 0.350 e. The number of anilines is 1. The fraction of sp³-hybridized carbons (Fsp3) is 0.481. The highest BCUT2D eigenvalue weighted by molar-refractivity contribution is 7.92. The summed E-state index contributed by atoms with van der Waals surface area (Å²) in [4.78, 5) is 28.2. The van der Waals surface area contributed by atoms with Gasteiger partial charge in [-0.25, -0.2) is 8.42 Å². The summed E-state index contributed by atoms with van der Waals surface area (Å²) in [5, 5.41) is 3.00. The van der Waals surface area contributed by atoms with Crippen LogP contribution in [0.15, 0.2) is 54.6 Å². The van der Waals surface area contributed by atoms with Crippen LogP contribution in [0, 0.1) is 6.92 Å². The molecule has 0 aliphatic carbocycles. The summed E-state index contributed by atoms with van der Waals surface area (Å²) in [6, 6.07) is 16.0. The fourth-order valence-electron chi connectivity index (χ4n) is 3.94. The zero-order valence-corrected chi connectivity index (χ0v) is 22.6. The molecule has 7 nitrogen and oxygen atoms in total. The Morgan fingerprint density at radius 1 is 1.00 bits per heavy atom. The van der Waals surface area contributed by atoms with Crippen LogP contribution in [0.25, 0.3) is 0 Å². The lowest BCUT2D eigenvalue weighted by Gasteiger charge is -2.33. The molecule has 2 aromatic rings. The van der Waals surface area contributed by atoms with E-state index in [0.29, 0.717) is 25.1 Å². The van der Waals surface area contributed by atoms with Gasteiger partial charge < -0.3 is 10.2 Å². The van der Waals surface area contributed by atoms with E-state index in [-0.39, 0.29) is 24.8 Å². The van der Waals surface area contributed by atoms with Gasteiger partial charge in [-0.2, -0.15) is 0 Å². The molecule has 0 aromatic heterocycles. The Labute approximate surface area is 210 Å². The molecule has 0 saturated heterocycles. The fourth-order valence-corrected chi connectivity index (χ4v) is 4.91. The first-order valence-corrected chi connectivity index (χ1v) is 13.9. The number of hydrogen-bond acceptors (Lipinski definition) is 4. The number of sulfonamides is 1. The number of nitrogens with one attached hydrogen (secondary N) is 1. The van der Waals surface area contributed by atoms with Crippen molar-refractivity contribution in [2.24, 2.45) is 0 Å². The summed E-state index contributed by atoms with van der Waals surface area (Å²) < 4.78 is 26.1. The third kappa shape index (κ3) is 8.69. The predicted molar refractivity (Wildman–Crippen MR) is 142 cm³/mol. The van der Waals surface area contributed by atoms with E-state index in [9.17, 15) is 18.0 Å². The molecule has 0 heterocycles. The van der Waals surface area contributed by atoms with Gasteiger partial charge in [0.05, 0.1) is 11.9 Å². The summed E-state index contributed by atoms with van der Waals surface area (Å²) in [6.45, 7) is 10.1. The first-order valence-electron chi connectivity index (χ1n) is 12.0. The second kappa shape index (κ2) is 12.2. The molecular weight excluding hydrogens is 462 g/mol. The van der Waals surface area contributed by atoms with Crippen LogP contribution in [0.5, 0.6) is 0 Å². The minimum Gasteiger partial charge on any atom is -0.350 e. The third-order valence-corrected chi connectivity index (χ3v) is 6.88. The van der Waals surface area contributed by atoms with Crippen LogP contribution in [0.4, 0.5) is 5.69 Å². The van der Waals surface area contributed by atoms with E-state index in [1.54, 1.807) is 29.2 Å². The molecule has 0 aliphatic rings. The van der Waals surface area contributed by atoms with E-state index in [4.69, 9.17) is 0 Å². The molecule has 0 radical (unpaired) electrons. The SMILES string of the molecule is CC[C@@H](C(=O)NC(C)(C)C)N(Cc1ccccc1C)C(=O)CCCN(c1ccccc1)S(C)(=O)=O. The molecule has 2 rings (SSSR count). The van der Waals surface area contributed by atoms with Gasteiger partial charge in [-0.05, 0) is 63.8 Å². The van der Waals surface area contributed by atoms with E-state index in [2.05, 4.69) is 5.32 Å². The van der Waals surface area contributed by atoms with Gasteiger partial charge in [0.25, 0.3) is 0 Å². The number of nitrogens with zero attached hydrogens (tertiary/aromatic N) is 2. The van der Waals surface area contributed by atoms with Gasteiger partial charge in [0.1, 0.15) is 6.04 Å². The molecule has 2 aromatic carbocycles. The second-order valence-electron chi connectivity index (χ2n) is 9.89. The van der Waals surface area contributed by atoms with Gasteiger partial charge in [0, 0.05) is 25.0 Å². The van der Waals surface area contributed by atoms with E-state index >= 15 is 0 Å². The Morgan fingerprint density at radius 2 is 1.60 bits per heavy atom. The van der Waals surface area contributed by atoms with Crippen molar-refractivity contribution in [1.29, 1.82) is 0 Å². The van der Waals surface area contributed by atoms with Crippen molar-refractivity contribution in [1.82, 2.24) is 10.2 Å². The molecule has 0 aliphatic heterocycles. The van der Waals surface area contributed by atoms with Crippen LogP contribution in [-0.4, -0.2) is 49.5 Å². The Bertz CT molecular complexity index is 1090. The van der Waals surface area contributed by atoms with Crippen molar-refractivity contribution in [3.8, 4) is 0 Å². The minimum absolute atomic E-state index is 0.129. The van der Waals surface area contributed by atoms with Gasteiger partial charge in [0.15, 0.2) is 0 Å². The maximum Gasteiger partial charge on any atom is 0.243 e. The topological polar surface area (TPSA) is 86.8 Å². The average molecular weight is 502 g/mol. The highest BCUT2D eigenvalue weighted by Gasteiger charge is 2.31. The highest BCUT2D eigenvalue weighted by Crippen LogP contribution is 2.20. The minimum atomic E-state index is -3.50. The third-order valence-electron chi connectivity index (χ3n) is 5.68. The summed E-state index contributed by atoms with van der Waals surface area (Å²) in [7, 11) is -3.50. The molecule has 0 fully saturated rings. The Balaban J connectivity index is 2.24. The molecule has 192 valence electrons. The van der Waals surface area contributed by atoms with Crippen molar-refractivity contribution in [3.05, 3.63) is 65.7 Å². The van der Waals surface area contributed by atoms with Crippen LogP contribution in [0.1, 0.15) is 58.1 Å². The van der Waals surface area contributed by atoms with Gasteiger partial charge in [-0.1, -0.05) is 49.4 Å². The standard InChI is InChI=1S/C27H39N3O4S/c1-7-24(26(32)28-27(3,4)5)29(20-22-15-12-11-14-21(22)2)25(31)18-13-19-30(35(6,33)34)23-16-9-8-10-17-23/h8-12,14-17,24H,7,13,18-20H2,1-6H3,(H,28,32)/t24-/m0/s1. The van der Waals surface area contributed by atoms with E-state index in [0.717, 1.165) is 17.4 Å². The van der Waals surface area contributed by atoms with Crippen molar-refractivity contribution >= 4 is 27.5 Å². The molecule has 0 saturated carbocycles. The second-order valence-corrected chi connectivity index (χ2v) is 11.8. The lowest BCUT2D eigenvalue weighted by molar-refractivity contribution is -0.142. The van der Waals surface area contributed by atoms with Crippen molar-refractivity contribution in [3.63, 3.8) is 0 Å². The molecule has 1 N–H and O–H groups in total. The van der Waals surface area contributed by atoms with Gasteiger partial charge in [0.2, 0.25) is 21.8 Å². The number of benzene rings is 2. The van der Waals surface area contributed by atoms with E-state index in [1.165, 1.54) is 4.31 Å². The molecule has 2 amide bonds. The summed E-state index contributed by atoms with van der Waals surface area (Å²) in [5.74, 6) is -0.366.